The summed E-state index contributed by atoms with van der Waals surface area (Å²) >= 11 is 0. The zero-order valence-corrected chi connectivity index (χ0v) is 11.0. The second kappa shape index (κ2) is 5.31. The topological polar surface area (TPSA) is 75.7 Å². The molecule has 0 saturated heterocycles. The molecule has 2 N–H and O–H groups in total. The zero-order valence-electron chi connectivity index (χ0n) is 11.0. The van der Waals surface area contributed by atoms with E-state index in [-0.39, 0.29) is 11.6 Å². The molecule has 0 aliphatic rings. The molecule has 0 spiro atoms. The monoisotopic (exact) mass is 291 g/mol. The fourth-order valence-corrected chi connectivity index (χ4v) is 1.78. The molecule has 3 rings (SSSR count). The Kier molecular flexibility index (Phi) is 3.35. The van der Waals surface area contributed by atoms with Gasteiger partial charge in [-0.3, -0.25) is 5.10 Å². The van der Waals surface area contributed by atoms with Gasteiger partial charge in [0.2, 0.25) is 11.8 Å². The largest absolute Gasteiger partial charge is 0.435 e. The summed E-state index contributed by atoms with van der Waals surface area (Å²) in [7, 11) is 0. The molecule has 8 heteroatoms. The van der Waals surface area contributed by atoms with Crippen molar-refractivity contribution in [3.05, 3.63) is 36.0 Å². The summed E-state index contributed by atoms with van der Waals surface area (Å²) in [5.41, 5.74) is 0.438. The summed E-state index contributed by atoms with van der Waals surface area (Å²) in [5.74, 6) is -1.14. The number of rotatable bonds is 4. The van der Waals surface area contributed by atoms with Gasteiger partial charge in [-0.1, -0.05) is 0 Å². The lowest BCUT2D eigenvalue weighted by Crippen LogP contribution is -2.03. The van der Waals surface area contributed by atoms with Crippen LogP contribution < -0.4 is 10.1 Å². The number of ether oxygens (including phenoxy) is 1. The van der Waals surface area contributed by atoms with Gasteiger partial charge >= 0.3 is 0 Å². The molecule has 0 bridgehead atoms. The van der Waals surface area contributed by atoms with E-state index in [1.807, 2.05) is 6.92 Å². The second-order valence-electron chi connectivity index (χ2n) is 4.19. The minimum atomic E-state index is -0.684. The maximum Gasteiger partial charge on any atom is 0.235 e. The molecule has 0 unspecified atom stereocenters. The van der Waals surface area contributed by atoms with Crippen molar-refractivity contribution < 1.29 is 13.5 Å². The minimum Gasteiger partial charge on any atom is -0.435 e. The highest BCUT2D eigenvalue weighted by Crippen LogP contribution is 2.29. The van der Waals surface area contributed by atoms with E-state index in [4.69, 9.17) is 4.74 Å². The average Bonchev–Trinajstić information content (AvgIpc) is 2.92. The lowest BCUT2D eigenvalue weighted by atomic mass is 10.3. The van der Waals surface area contributed by atoms with E-state index >= 15 is 0 Å². The molecular weight excluding hydrogens is 280 g/mol. The molecule has 2 aromatic heterocycles. The number of nitrogens with zero attached hydrogens (tertiary/aromatic N) is 3. The summed E-state index contributed by atoms with van der Waals surface area (Å²) < 4.78 is 32.2. The standard InChI is InChI=1S/C13H11F2N5O/c1-2-16-13-18-11-8(6-17-20-11)12(19-13)21-10-5-7(14)3-4-9(10)15/h3-6H,2H2,1H3,(H2,16,17,18,19,20). The number of H-pyrrole nitrogens is 1. The van der Waals surface area contributed by atoms with Crippen molar-refractivity contribution in [1.82, 2.24) is 20.2 Å². The number of aromatic amines is 1. The molecule has 0 fully saturated rings. The van der Waals surface area contributed by atoms with Crippen LogP contribution in [0.2, 0.25) is 0 Å². The Labute approximate surface area is 118 Å². The van der Waals surface area contributed by atoms with Crippen LogP contribution in [0.15, 0.2) is 24.4 Å². The number of halogens is 2. The molecule has 21 heavy (non-hydrogen) atoms. The molecular formula is C13H11F2N5O. The average molecular weight is 291 g/mol. The van der Waals surface area contributed by atoms with Gasteiger partial charge in [0.1, 0.15) is 11.2 Å². The number of aromatic nitrogens is 4. The molecule has 1 aromatic carbocycles. The molecule has 2 heterocycles. The van der Waals surface area contributed by atoms with Crippen molar-refractivity contribution in [2.24, 2.45) is 0 Å². The summed E-state index contributed by atoms with van der Waals surface area (Å²) in [6, 6.07) is 2.96. The highest BCUT2D eigenvalue weighted by Gasteiger charge is 2.14. The lowest BCUT2D eigenvalue weighted by molar-refractivity contribution is 0.427. The predicted octanol–water partition coefficient (Wildman–Crippen LogP) is 2.86. The summed E-state index contributed by atoms with van der Waals surface area (Å²) in [5, 5.41) is 9.92. The Morgan fingerprint density at radius 2 is 2.14 bits per heavy atom. The zero-order chi connectivity index (χ0) is 14.8. The second-order valence-corrected chi connectivity index (χ2v) is 4.19. The summed E-state index contributed by atoms with van der Waals surface area (Å²) in [6.45, 7) is 2.49. The van der Waals surface area contributed by atoms with Crippen molar-refractivity contribution in [3.8, 4) is 11.6 Å². The number of hydrogen-bond donors (Lipinski definition) is 2. The highest BCUT2D eigenvalue weighted by molar-refractivity contribution is 5.80. The van der Waals surface area contributed by atoms with Crippen LogP contribution in [-0.4, -0.2) is 26.7 Å². The van der Waals surface area contributed by atoms with Crippen LogP contribution in [0.4, 0.5) is 14.7 Å². The fourth-order valence-electron chi connectivity index (χ4n) is 1.78. The molecule has 0 atom stereocenters. The van der Waals surface area contributed by atoms with Crippen LogP contribution in [-0.2, 0) is 0 Å². The maximum atomic E-state index is 13.7. The molecule has 6 nitrogen and oxygen atoms in total. The lowest BCUT2D eigenvalue weighted by Gasteiger charge is -2.08. The quantitative estimate of drug-likeness (QED) is 0.773. The third-order valence-corrected chi connectivity index (χ3v) is 2.71. The van der Waals surface area contributed by atoms with Gasteiger partial charge < -0.3 is 10.1 Å². The number of hydrogen-bond acceptors (Lipinski definition) is 5. The van der Waals surface area contributed by atoms with Gasteiger partial charge in [-0.2, -0.15) is 15.1 Å². The maximum absolute atomic E-state index is 13.7. The Hall–Kier alpha value is -2.77. The molecule has 3 aromatic rings. The van der Waals surface area contributed by atoms with Crippen LogP contribution >= 0.6 is 0 Å². The molecule has 108 valence electrons. The first-order chi connectivity index (χ1) is 10.2. The third kappa shape index (κ3) is 2.60. The Balaban J connectivity index is 2.06. The van der Waals surface area contributed by atoms with Crippen LogP contribution in [0.3, 0.4) is 0 Å². The molecule has 0 radical (unpaired) electrons. The van der Waals surface area contributed by atoms with E-state index in [1.54, 1.807) is 0 Å². The van der Waals surface area contributed by atoms with Crippen molar-refractivity contribution >= 4 is 17.0 Å². The van der Waals surface area contributed by atoms with E-state index in [0.717, 1.165) is 18.2 Å². The van der Waals surface area contributed by atoms with Crippen molar-refractivity contribution in [2.75, 3.05) is 11.9 Å². The number of benzene rings is 1. The molecule has 0 aliphatic carbocycles. The first kappa shape index (κ1) is 13.2. The van der Waals surface area contributed by atoms with Crippen LogP contribution in [0.5, 0.6) is 11.6 Å². The van der Waals surface area contributed by atoms with Crippen molar-refractivity contribution in [1.29, 1.82) is 0 Å². The van der Waals surface area contributed by atoms with Gasteiger partial charge in [-0.15, -0.1) is 0 Å². The first-order valence-corrected chi connectivity index (χ1v) is 6.25. The fraction of sp³-hybridized carbons (Fsp3) is 0.154. The number of anilines is 1. The van der Waals surface area contributed by atoms with E-state index in [0.29, 0.717) is 23.5 Å². The third-order valence-electron chi connectivity index (χ3n) is 2.71. The predicted molar refractivity (Wildman–Crippen MR) is 72.3 cm³/mol. The molecule has 0 amide bonds. The van der Waals surface area contributed by atoms with Crippen molar-refractivity contribution in [3.63, 3.8) is 0 Å². The summed E-state index contributed by atoms with van der Waals surface area (Å²) in [6.07, 6.45) is 1.46. The van der Waals surface area contributed by atoms with Gasteiger partial charge in [0, 0.05) is 12.6 Å². The molecule has 0 saturated carbocycles. The van der Waals surface area contributed by atoms with Gasteiger partial charge in [-0.25, -0.2) is 8.78 Å². The number of nitrogens with one attached hydrogen (secondary N) is 2. The molecule has 0 aliphatic heterocycles. The van der Waals surface area contributed by atoms with Crippen LogP contribution in [0.25, 0.3) is 11.0 Å². The first-order valence-electron chi connectivity index (χ1n) is 6.25. The van der Waals surface area contributed by atoms with Crippen molar-refractivity contribution in [2.45, 2.75) is 6.92 Å². The Morgan fingerprint density at radius 3 is 2.95 bits per heavy atom. The van der Waals surface area contributed by atoms with E-state index in [2.05, 4.69) is 25.5 Å². The summed E-state index contributed by atoms with van der Waals surface area (Å²) in [4.78, 5) is 8.31. The Bertz CT molecular complexity index is 789. The van der Waals surface area contributed by atoms with Gasteiger partial charge in [-0.05, 0) is 19.1 Å². The smallest absolute Gasteiger partial charge is 0.235 e. The van der Waals surface area contributed by atoms with E-state index in [9.17, 15) is 8.78 Å². The van der Waals surface area contributed by atoms with Gasteiger partial charge in [0.25, 0.3) is 0 Å². The number of fused-ring (bicyclic) bond motifs is 1. The van der Waals surface area contributed by atoms with Gasteiger partial charge in [0.15, 0.2) is 17.2 Å². The minimum absolute atomic E-state index is 0.0919. The SMILES string of the molecule is CCNc1nc(Oc2cc(F)ccc2F)c2cn[nH]c2n1. The van der Waals surface area contributed by atoms with E-state index in [1.165, 1.54) is 6.20 Å². The normalized spacial score (nSPS) is 10.8. The van der Waals surface area contributed by atoms with Crippen LogP contribution in [0.1, 0.15) is 6.92 Å². The highest BCUT2D eigenvalue weighted by atomic mass is 19.1. The van der Waals surface area contributed by atoms with Gasteiger partial charge in [0.05, 0.1) is 6.20 Å². The van der Waals surface area contributed by atoms with Crippen LogP contribution in [0, 0.1) is 11.6 Å². The van der Waals surface area contributed by atoms with E-state index < -0.39 is 11.6 Å². The Morgan fingerprint density at radius 1 is 1.29 bits per heavy atom.